The van der Waals surface area contributed by atoms with E-state index >= 15 is 0 Å². The molecule has 0 atom stereocenters. The first-order valence-electron chi connectivity index (χ1n) is 9.39. The van der Waals surface area contributed by atoms with Gasteiger partial charge in [-0.2, -0.15) is 0 Å². The maximum absolute atomic E-state index is 13.1. The fourth-order valence-electron chi connectivity index (χ4n) is 3.71. The number of carbonyl (C=O) groups excluding carboxylic acids is 1. The molecule has 138 valence electrons. The van der Waals surface area contributed by atoms with Crippen LogP contribution in [-0.4, -0.2) is 73.2 Å². The van der Waals surface area contributed by atoms with E-state index in [0.717, 1.165) is 45.6 Å². The van der Waals surface area contributed by atoms with Gasteiger partial charge in [-0.25, -0.2) is 4.98 Å². The summed E-state index contributed by atoms with van der Waals surface area (Å²) in [4.78, 5) is 21.8. The van der Waals surface area contributed by atoms with E-state index in [1.54, 1.807) is 25.4 Å². The molecule has 6 heteroatoms. The van der Waals surface area contributed by atoms with E-state index in [4.69, 9.17) is 9.47 Å². The fraction of sp³-hybridized carbons (Fsp3) is 0.684. The predicted octanol–water partition coefficient (Wildman–Crippen LogP) is 2.20. The van der Waals surface area contributed by atoms with Crippen LogP contribution in [0.4, 0.5) is 0 Å². The van der Waals surface area contributed by atoms with Crippen molar-refractivity contribution in [2.75, 3.05) is 46.5 Å². The van der Waals surface area contributed by atoms with Gasteiger partial charge in [0.05, 0.1) is 12.7 Å². The normalized spacial score (nSPS) is 19.1. The number of hydrogen-bond acceptors (Lipinski definition) is 5. The summed E-state index contributed by atoms with van der Waals surface area (Å²) in [6.07, 6.45) is 7.08. The van der Waals surface area contributed by atoms with Crippen LogP contribution in [0.25, 0.3) is 0 Å². The minimum absolute atomic E-state index is 0.0727. The van der Waals surface area contributed by atoms with Crippen molar-refractivity contribution >= 4 is 5.91 Å². The zero-order valence-electron chi connectivity index (χ0n) is 15.2. The van der Waals surface area contributed by atoms with Crippen molar-refractivity contribution in [2.45, 2.75) is 38.1 Å². The Hall–Kier alpha value is -1.66. The van der Waals surface area contributed by atoms with Crippen LogP contribution in [0, 0.1) is 0 Å². The first kappa shape index (κ1) is 18.1. The molecule has 0 N–H and O–H groups in total. The van der Waals surface area contributed by atoms with Crippen LogP contribution >= 0.6 is 0 Å². The first-order valence-corrected chi connectivity index (χ1v) is 9.39. The third-order valence-corrected chi connectivity index (χ3v) is 5.16. The number of rotatable bonds is 7. The van der Waals surface area contributed by atoms with E-state index in [9.17, 15) is 4.79 Å². The molecule has 2 aliphatic heterocycles. The largest absolute Gasteiger partial charge is 0.481 e. The van der Waals surface area contributed by atoms with Crippen LogP contribution in [0.2, 0.25) is 0 Å². The number of carbonyl (C=O) groups is 1. The molecule has 0 bridgehead atoms. The van der Waals surface area contributed by atoms with Crippen molar-refractivity contribution in [1.82, 2.24) is 14.8 Å². The van der Waals surface area contributed by atoms with Gasteiger partial charge < -0.3 is 19.3 Å². The summed E-state index contributed by atoms with van der Waals surface area (Å²) in [7, 11) is 1.58. The number of amides is 1. The predicted molar refractivity (Wildman–Crippen MR) is 96.0 cm³/mol. The second-order valence-electron chi connectivity index (χ2n) is 6.83. The molecule has 0 spiro atoms. The summed E-state index contributed by atoms with van der Waals surface area (Å²) >= 11 is 0. The van der Waals surface area contributed by atoms with E-state index in [0.29, 0.717) is 11.4 Å². The molecule has 3 rings (SSSR count). The highest BCUT2D eigenvalue weighted by molar-refractivity contribution is 5.94. The topological polar surface area (TPSA) is 54.9 Å². The molecular weight excluding hydrogens is 318 g/mol. The van der Waals surface area contributed by atoms with E-state index in [-0.39, 0.29) is 11.9 Å². The van der Waals surface area contributed by atoms with E-state index in [1.165, 1.54) is 25.9 Å². The summed E-state index contributed by atoms with van der Waals surface area (Å²) in [6.45, 7) is 5.75. The zero-order chi connectivity index (χ0) is 17.5. The van der Waals surface area contributed by atoms with E-state index < -0.39 is 0 Å². The van der Waals surface area contributed by atoms with Gasteiger partial charge >= 0.3 is 0 Å². The highest BCUT2D eigenvalue weighted by Gasteiger charge is 2.27. The summed E-state index contributed by atoms with van der Waals surface area (Å²) in [5, 5.41) is 0. The second kappa shape index (κ2) is 9.15. The Morgan fingerprint density at radius 3 is 2.72 bits per heavy atom. The summed E-state index contributed by atoms with van der Waals surface area (Å²) in [6, 6.07) is 3.82. The lowest BCUT2D eigenvalue weighted by Gasteiger charge is -2.35. The molecule has 3 heterocycles. The lowest BCUT2D eigenvalue weighted by atomic mass is 10.1. The van der Waals surface area contributed by atoms with Gasteiger partial charge in [-0.05, 0) is 57.8 Å². The Bertz CT molecular complexity index is 537. The molecule has 0 aliphatic carbocycles. The molecule has 0 radical (unpaired) electrons. The Morgan fingerprint density at radius 1 is 1.32 bits per heavy atom. The van der Waals surface area contributed by atoms with Crippen LogP contribution in [0.1, 0.15) is 42.5 Å². The van der Waals surface area contributed by atoms with Crippen LogP contribution in [0.3, 0.4) is 0 Å². The SMILES string of the molecule is COc1ccc(C(=O)N(CCCN2CCCC2)C2CCOCC2)cn1. The number of ether oxygens (including phenoxy) is 2. The number of aromatic nitrogens is 1. The van der Waals surface area contributed by atoms with Gasteiger partial charge in [0.2, 0.25) is 5.88 Å². The van der Waals surface area contributed by atoms with E-state index in [1.807, 2.05) is 4.90 Å². The molecule has 2 aliphatic rings. The second-order valence-corrected chi connectivity index (χ2v) is 6.83. The van der Waals surface area contributed by atoms with Crippen molar-refractivity contribution < 1.29 is 14.3 Å². The van der Waals surface area contributed by atoms with Crippen LogP contribution < -0.4 is 4.74 Å². The smallest absolute Gasteiger partial charge is 0.255 e. The number of methoxy groups -OCH3 is 1. The van der Waals surface area contributed by atoms with Crippen LogP contribution in [-0.2, 0) is 4.74 Å². The van der Waals surface area contributed by atoms with Gasteiger partial charge in [-0.1, -0.05) is 0 Å². The molecule has 2 saturated heterocycles. The molecule has 1 amide bonds. The Morgan fingerprint density at radius 2 is 2.08 bits per heavy atom. The minimum atomic E-state index is 0.0727. The van der Waals surface area contributed by atoms with Crippen molar-refractivity contribution in [3.63, 3.8) is 0 Å². The third kappa shape index (κ3) is 4.92. The molecule has 6 nitrogen and oxygen atoms in total. The lowest BCUT2D eigenvalue weighted by molar-refractivity contribution is 0.0281. The number of pyridine rings is 1. The Kier molecular flexibility index (Phi) is 6.64. The van der Waals surface area contributed by atoms with E-state index in [2.05, 4.69) is 9.88 Å². The molecule has 0 saturated carbocycles. The zero-order valence-corrected chi connectivity index (χ0v) is 15.2. The highest BCUT2D eigenvalue weighted by atomic mass is 16.5. The molecule has 25 heavy (non-hydrogen) atoms. The number of hydrogen-bond donors (Lipinski definition) is 0. The van der Waals surface area contributed by atoms with Crippen molar-refractivity contribution in [3.8, 4) is 5.88 Å². The average molecular weight is 347 g/mol. The van der Waals surface area contributed by atoms with Gasteiger partial charge in [0.25, 0.3) is 5.91 Å². The maximum atomic E-state index is 13.1. The van der Waals surface area contributed by atoms with Crippen molar-refractivity contribution in [3.05, 3.63) is 23.9 Å². The van der Waals surface area contributed by atoms with Gasteiger partial charge in [0.1, 0.15) is 0 Å². The van der Waals surface area contributed by atoms with Gasteiger partial charge in [0.15, 0.2) is 0 Å². The molecule has 0 unspecified atom stereocenters. The first-order chi connectivity index (χ1) is 12.3. The molecule has 1 aromatic heterocycles. The highest BCUT2D eigenvalue weighted by Crippen LogP contribution is 2.19. The monoisotopic (exact) mass is 347 g/mol. The number of nitrogens with zero attached hydrogens (tertiary/aromatic N) is 3. The summed E-state index contributed by atoms with van der Waals surface area (Å²) < 4.78 is 10.6. The number of likely N-dealkylation sites (tertiary alicyclic amines) is 1. The lowest BCUT2D eigenvalue weighted by Crippen LogP contribution is -2.44. The van der Waals surface area contributed by atoms with Crippen molar-refractivity contribution in [1.29, 1.82) is 0 Å². The van der Waals surface area contributed by atoms with Crippen LogP contribution in [0.5, 0.6) is 5.88 Å². The standard InChI is InChI=1S/C19H29N3O3/c1-24-18-6-5-16(15-20-18)19(23)22(17-7-13-25-14-8-17)12-4-11-21-9-2-3-10-21/h5-6,15,17H,2-4,7-14H2,1H3. The summed E-state index contributed by atoms with van der Waals surface area (Å²) in [5.41, 5.74) is 0.633. The third-order valence-electron chi connectivity index (χ3n) is 5.16. The van der Waals surface area contributed by atoms with Gasteiger partial charge in [-0.3, -0.25) is 4.79 Å². The average Bonchev–Trinajstić information content (AvgIpc) is 3.19. The molecule has 1 aromatic rings. The molecule has 0 aromatic carbocycles. The van der Waals surface area contributed by atoms with Gasteiger partial charge in [0, 0.05) is 38.1 Å². The van der Waals surface area contributed by atoms with Gasteiger partial charge in [-0.15, -0.1) is 0 Å². The van der Waals surface area contributed by atoms with Crippen molar-refractivity contribution in [2.24, 2.45) is 0 Å². The minimum Gasteiger partial charge on any atom is -0.481 e. The molecule has 2 fully saturated rings. The summed E-state index contributed by atoms with van der Waals surface area (Å²) in [5.74, 6) is 0.603. The quantitative estimate of drug-likeness (QED) is 0.757. The Labute approximate surface area is 150 Å². The van der Waals surface area contributed by atoms with Crippen LogP contribution in [0.15, 0.2) is 18.3 Å². The molecular formula is C19H29N3O3. The maximum Gasteiger partial charge on any atom is 0.255 e. The fourth-order valence-corrected chi connectivity index (χ4v) is 3.71. The Balaban J connectivity index is 1.64.